The van der Waals surface area contributed by atoms with Crippen molar-refractivity contribution in [3.05, 3.63) is 23.3 Å². The summed E-state index contributed by atoms with van der Waals surface area (Å²) in [5.41, 5.74) is 1.35. The lowest BCUT2D eigenvalue weighted by Gasteiger charge is -2.11. The Morgan fingerprint density at radius 3 is 2.84 bits per heavy atom. The smallest absolute Gasteiger partial charge is 0.341 e. The molecular weight excluding hydrogens is 244 g/mol. The van der Waals surface area contributed by atoms with Gasteiger partial charge in [-0.15, -0.1) is 0 Å². The van der Waals surface area contributed by atoms with Crippen LogP contribution in [-0.2, 0) is 15.9 Å². The predicted octanol–water partition coefficient (Wildman–Crippen LogP) is 2.11. The zero-order valence-corrected chi connectivity index (χ0v) is 11.7. The Hall–Kier alpha value is -1.49. The summed E-state index contributed by atoms with van der Waals surface area (Å²) in [6.07, 6.45) is 4.49. The number of carbonyl (C=O) groups is 1. The van der Waals surface area contributed by atoms with Gasteiger partial charge in [-0.25, -0.2) is 14.8 Å². The molecule has 0 saturated heterocycles. The van der Waals surface area contributed by atoms with Crippen molar-refractivity contribution in [2.24, 2.45) is 0 Å². The minimum atomic E-state index is -0.323. The summed E-state index contributed by atoms with van der Waals surface area (Å²) in [6, 6.07) is 0. The maximum Gasteiger partial charge on any atom is 0.341 e. The van der Waals surface area contributed by atoms with Gasteiger partial charge in [-0.2, -0.15) is 0 Å². The Labute approximate surface area is 113 Å². The van der Waals surface area contributed by atoms with E-state index in [0.29, 0.717) is 24.5 Å². The van der Waals surface area contributed by atoms with E-state index in [1.54, 1.807) is 20.2 Å². The molecule has 0 aromatic carbocycles. The second-order valence-electron chi connectivity index (χ2n) is 4.83. The molecule has 0 radical (unpaired) electrons. The molecule has 1 heterocycles. The van der Waals surface area contributed by atoms with Crippen molar-refractivity contribution in [3.8, 4) is 0 Å². The van der Waals surface area contributed by atoms with Crippen LogP contribution in [0.4, 0.5) is 0 Å². The third-order valence-electron chi connectivity index (χ3n) is 3.20. The summed E-state index contributed by atoms with van der Waals surface area (Å²) < 4.78 is 10.3. The number of aromatic nitrogens is 2. The van der Waals surface area contributed by atoms with Gasteiger partial charge >= 0.3 is 5.97 Å². The SMILES string of the molecule is CCOC(=O)c1cnc(CC(C)OC)nc1C1CC1. The molecule has 0 aliphatic heterocycles. The molecule has 1 aliphatic rings. The molecule has 0 bridgehead atoms. The molecule has 2 rings (SSSR count). The van der Waals surface area contributed by atoms with Gasteiger partial charge in [-0.3, -0.25) is 0 Å². The van der Waals surface area contributed by atoms with Crippen molar-refractivity contribution >= 4 is 5.97 Å². The van der Waals surface area contributed by atoms with Crippen LogP contribution in [0.2, 0.25) is 0 Å². The Bertz CT molecular complexity index is 458. The largest absolute Gasteiger partial charge is 0.462 e. The summed E-state index contributed by atoms with van der Waals surface area (Å²) in [5, 5.41) is 0. The highest BCUT2D eigenvalue weighted by atomic mass is 16.5. The third-order valence-corrected chi connectivity index (χ3v) is 3.20. The molecule has 0 N–H and O–H groups in total. The fraction of sp³-hybridized carbons (Fsp3) is 0.643. The minimum Gasteiger partial charge on any atom is -0.462 e. The van der Waals surface area contributed by atoms with Crippen LogP contribution in [0.5, 0.6) is 0 Å². The maximum atomic E-state index is 11.9. The van der Waals surface area contributed by atoms with Crippen molar-refractivity contribution < 1.29 is 14.3 Å². The van der Waals surface area contributed by atoms with Crippen molar-refractivity contribution in [1.29, 1.82) is 0 Å². The molecule has 1 aromatic rings. The van der Waals surface area contributed by atoms with Crippen molar-refractivity contribution in [2.75, 3.05) is 13.7 Å². The average Bonchev–Trinajstić information content (AvgIpc) is 3.23. The quantitative estimate of drug-likeness (QED) is 0.736. The highest BCUT2D eigenvalue weighted by Gasteiger charge is 2.31. The first-order valence-corrected chi connectivity index (χ1v) is 6.71. The number of carbonyl (C=O) groups excluding carboxylic acids is 1. The van der Waals surface area contributed by atoms with E-state index in [1.165, 1.54) is 0 Å². The van der Waals surface area contributed by atoms with E-state index in [0.717, 1.165) is 24.4 Å². The fourth-order valence-electron chi connectivity index (χ4n) is 1.91. The zero-order valence-electron chi connectivity index (χ0n) is 11.7. The fourth-order valence-corrected chi connectivity index (χ4v) is 1.91. The number of hydrogen-bond acceptors (Lipinski definition) is 5. The van der Waals surface area contributed by atoms with Gasteiger partial charge in [-0.1, -0.05) is 0 Å². The topological polar surface area (TPSA) is 61.3 Å². The highest BCUT2D eigenvalue weighted by molar-refractivity contribution is 5.90. The molecule has 1 aromatic heterocycles. The number of hydrogen-bond donors (Lipinski definition) is 0. The highest BCUT2D eigenvalue weighted by Crippen LogP contribution is 2.40. The lowest BCUT2D eigenvalue weighted by molar-refractivity contribution is 0.0523. The molecule has 5 heteroatoms. The van der Waals surface area contributed by atoms with E-state index >= 15 is 0 Å². The van der Waals surface area contributed by atoms with Crippen LogP contribution >= 0.6 is 0 Å². The van der Waals surface area contributed by atoms with Crippen LogP contribution < -0.4 is 0 Å². The van der Waals surface area contributed by atoms with Crippen LogP contribution in [0.15, 0.2) is 6.20 Å². The molecule has 5 nitrogen and oxygen atoms in total. The number of nitrogens with zero attached hydrogens (tertiary/aromatic N) is 2. The maximum absolute atomic E-state index is 11.9. The van der Waals surface area contributed by atoms with E-state index in [-0.39, 0.29) is 12.1 Å². The normalized spacial score (nSPS) is 16.2. The Kier molecular flexibility index (Phi) is 4.47. The monoisotopic (exact) mass is 264 g/mol. The molecule has 0 spiro atoms. The molecule has 19 heavy (non-hydrogen) atoms. The number of esters is 1. The van der Waals surface area contributed by atoms with Crippen LogP contribution in [0.1, 0.15) is 54.5 Å². The standard InChI is InChI=1S/C14H20N2O3/c1-4-19-14(17)11-8-15-12(7-9(2)18-3)16-13(11)10-5-6-10/h8-10H,4-7H2,1-3H3. The molecule has 1 fully saturated rings. The predicted molar refractivity (Wildman–Crippen MR) is 70.1 cm³/mol. The molecule has 1 aliphatic carbocycles. The Morgan fingerprint density at radius 1 is 1.53 bits per heavy atom. The van der Waals surface area contributed by atoms with Crippen molar-refractivity contribution in [2.45, 2.75) is 45.1 Å². The van der Waals surface area contributed by atoms with E-state index in [9.17, 15) is 4.79 Å². The van der Waals surface area contributed by atoms with Gasteiger partial charge in [-0.05, 0) is 26.7 Å². The summed E-state index contributed by atoms with van der Waals surface area (Å²) in [4.78, 5) is 20.6. The molecule has 0 amide bonds. The van der Waals surface area contributed by atoms with Crippen LogP contribution in [0.25, 0.3) is 0 Å². The van der Waals surface area contributed by atoms with Gasteiger partial charge in [0.05, 0.1) is 24.0 Å². The number of methoxy groups -OCH3 is 1. The van der Waals surface area contributed by atoms with Crippen LogP contribution in [0, 0.1) is 0 Å². The first-order valence-electron chi connectivity index (χ1n) is 6.71. The molecule has 1 saturated carbocycles. The third kappa shape index (κ3) is 3.50. The van der Waals surface area contributed by atoms with Gasteiger partial charge in [0.25, 0.3) is 0 Å². The Morgan fingerprint density at radius 2 is 2.26 bits per heavy atom. The first-order chi connectivity index (χ1) is 9.15. The summed E-state index contributed by atoms with van der Waals surface area (Å²) in [7, 11) is 1.67. The lowest BCUT2D eigenvalue weighted by atomic mass is 10.1. The van der Waals surface area contributed by atoms with E-state index < -0.39 is 0 Å². The van der Waals surface area contributed by atoms with E-state index in [4.69, 9.17) is 9.47 Å². The van der Waals surface area contributed by atoms with Gasteiger partial charge in [0, 0.05) is 25.6 Å². The first kappa shape index (κ1) is 13.9. The van der Waals surface area contributed by atoms with Gasteiger partial charge in [0.2, 0.25) is 0 Å². The summed E-state index contributed by atoms with van der Waals surface area (Å²) >= 11 is 0. The average molecular weight is 264 g/mol. The van der Waals surface area contributed by atoms with Gasteiger partial charge in [0.15, 0.2) is 0 Å². The van der Waals surface area contributed by atoms with Crippen LogP contribution in [-0.4, -0.2) is 35.8 Å². The second-order valence-corrected chi connectivity index (χ2v) is 4.83. The van der Waals surface area contributed by atoms with Gasteiger partial charge in [0.1, 0.15) is 5.82 Å². The Balaban J connectivity index is 2.22. The molecule has 1 atom stereocenters. The summed E-state index contributed by atoms with van der Waals surface area (Å²) in [5.74, 6) is 0.791. The van der Waals surface area contributed by atoms with Crippen LogP contribution in [0.3, 0.4) is 0 Å². The van der Waals surface area contributed by atoms with E-state index in [2.05, 4.69) is 9.97 Å². The molecule has 1 unspecified atom stereocenters. The molecular formula is C14H20N2O3. The summed E-state index contributed by atoms with van der Waals surface area (Å²) in [6.45, 7) is 4.13. The molecule has 104 valence electrons. The van der Waals surface area contributed by atoms with E-state index in [1.807, 2.05) is 6.92 Å². The zero-order chi connectivity index (χ0) is 13.8. The lowest BCUT2D eigenvalue weighted by Crippen LogP contribution is -2.15. The number of ether oxygens (including phenoxy) is 2. The van der Waals surface area contributed by atoms with Crippen molar-refractivity contribution in [3.63, 3.8) is 0 Å². The van der Waals surface area contributed by atoms with Gasteiger partial charge < -0.3 is 9.47 Å². The number of rotatable bonds is 6. The van der Waals surface area contributed by atoms with Crippen molar-refractivity contribution in [1.82, 2.24) is 9.97 Å². The second kappa shape index (κ2) is 6.10. The minimum absolute atomic E-state index is 0.0699.